The molecule has 18 heavy (non-hydrogen) atoms. The van der Waals surface area contributed by atoms with Gasteiger partial charge in [0.25, 0.3) is 0 Å². The van der Waals surface area contributed by atoms with E-state index in [4.69, 9.17) is 9.47 Å². The molecular formula is C13H13BrO3S. The van der Waals surface area contributed by atoms with Crippen LogP contribution in [0.5, 0.6) is 0 Å². The highest BCUT2D eigenvalue weighted by Gasteiger charge is 2.33. The molecular weight excluding hydrogens is 316 g/mol. The van der Waals surface area contributed by atoms with E-state index in [2.05, 4.69) is 28.1 Å². The molecule has 5 heteroatoms. The van der Waals surface area contributed by atoms with E-state index in [-0.39, 0.29) is 5.97 Å². The van der Waals surface area contributed by atoms with Crippen LogP contribution in [0.2, 0.25) is 0 Å². The van der Waals surface area contributed by atoms with Gasteiger partial charge in [0.15, 0.2) is 0 Å². The van der Waals surface area contributed by atoms with E-state index in [1.165, 1.54) is 5.56 Å². The molecule has 0 aromatic heterocycles. The van der Waals surface area contributed by atoms with Crippen molar-refractivity contribution in [3.63, 3.8) is 0 Å². The van der Waals surface area contributed by atoms with E-state index in [1.54, 1.807) is 11.8 Å². The summed E-state index contributed by atoms with van der Waals surface area (Å²) >= 11 is 4.82. The Morgan fingerprint density at radius 2 is 2.11 bits per heavy atom. The first kappa shape index (κ1) is 13.6. The largest absolute Gasteiger partial charge is 0.427 e. The zero-order valence-corrected chi connectivity index (χ0v) is 12.3. The van der Waals surface area contributed by atoms with Crippen LogP contribution in [-0.4, -0.2) is 18.9 Å². The SMILES string of the molecule is CCOC1OC(=O)C(Br)=C1SCc1ccccc1. The summed E-state index contributed by atoms with van der Waals surface area (Å²) in [5.41, 5.74) is 1.20. The molecule has 0 aliphatic carbocycles. The van der Waals surface area contributed by atoms with Crippen LogP contribution in [-0.2, 0) is 20.0 Å². The molecule has 0 N–H and O–H groups in total. The Morgan fingerprint density at radius 1 is 1.39 bits per heavy atom. The lowest BCUT2D eigenvalue weighted by molar-refractivity contribution is -0.157. The maximum atomic E-state index is 11.5. The number of esters is 1. The summed E-state index contributed by atoms with van der Waals surface area (Å²) in [6.45, 7) is 2.38. The van der Waals surface area contributed by atoms with Crippen molar-refractivity contribution in [2.45, 2.75) is 19.0 Å². The molecule has 0 spiro atoms. The van der Waals surface area contributed by atoms with Crippen molar-refractivity contribution in [3.05, 3.63) is 45.3 Å². The lowest BCUT2D eigenvalue weighted by atomic mass is 10.2. The topological polar surface area (TPSA) is 35.5 Å². The highest BCUT2D eigenvalue weighted by atomic mass is 79.9. The summed E-state index contributed by atoms with van der Waals surface area (Å²) in [5.74, 6) is 0.426. The van der Waals surface area contributed by atoms with Crippen LogP contribution in [0.1, 0.15) is 12.5 Å². The Morgan fingerprint density at radius 3 is 2.78 bits per heavy atom. The van der Waals surface area contributed by atoms with Crippen LogP contribution in [0.4, 0.5) is 0 Å². The predicted octanol–water partition coefficient (Wildman–Crippen LogP) is 3.45. The quantitative estimate of drug-likeness (QED) is 0.775. The Kier molecular flexibility index (Phi) is 4.86. The molecule has 3 nitrogen and oxygen atoms in total. The van der Waals surface area contributed by atoms with Crippen LogP contribution >= 0.6 is 27.7 Å². The van der Waals surface area contributed by atoms with Gasteiger partial charge < -0.3 is 9.47 Å². The number of rotatable bonds is 5. The molecule has 1 heterocycles. The molecule has 0 radical (unpaired) electrons. The summed E-state index contributed by atoms with van der Waals surface area (Å²) in [6, 6.07) is 10.1. The van der Waals surface area contributed by atoms with Gasteiger partial charge in [-0.05, 0) is 28.4 Å². The average molecular weight is 329 g/mol. The molecule has 0 saturated carbocycles. The van der Waals surface area contributed by atoms with Gasteiger partial charge in [0.2, 0.25) is 6.29 Å². The fourth-order valence-electron chi connectivity index (χ4n) is 1.53. The van der Waals surface area contributed by atoms with Gasteiger partial charge in [-0.25, -0.2) is 4.79 Å². The minimum atomic E-state index is -0.564. The van der Waals surface area contributed by atoms with Crippen LogP contribution in [0.15, 0.2) is 39.7 Å². The number of hydrogen-bond acceptors (Lipinski definition) is 4. The predicted molar refractivity (Wildman–Crippen MR) is 75.2 cm³/mol. The van der Waals surface area contributed by atoms with E-state index in [1.807, 2.05) is 25.1 Å². The number of carbonyl (C=O) groups is 1. The molecule has 1 aliphatic rings. The molecule has 0 amide bonds. The third kappa shape index (κ3) is 3.16. The number of thioether (sulfide) groups is 1. The van der Waals surface area contributed by atoms with Gasteiger partial charge in [-0.15, -0.1) is 11.8 Å². The molecule has 1 atom stereocenters. The molecule has 1 aliphatic heterocycles. The Balaban J connectivity index is 2.04. The smallest absolute Gasteiger partial charge is 0.348 e. The average Bonchev–Trinajstić information content (AvgIpc) is 2.65. The minimum Gasteiger partial charge on any atom is -0.427 e. The van der Waals surface area contributed by atoms with Crippen molar-refractivity contribution in [3.8, 4) is 0 Å². The zero-order chi connectivity index (χ0) is 13.0. The molecule has 1 aromatic carbocycles. The Labute approximate surface area is 119 Å². The van der Waals surface area contributed by atoms with E-state index in [0.717, 1.165) is 10.7 Å². The highest BCUT2D eigenvalue weighted by Crippen LogP contribution is 2.37. The third-order valence-corrected chi connectivity index (χ3v) is 4.58. The number of cyclic esters (lactones) is 1. The summed E-state index contributed by atoms with van der Waals surface area (Å²) in [7, 11) is 0. The van der Waals surface area contributed by atoms with Gasteiger partial charge in [0.05, 0.1) is 4.91 Å². The van der Waals surface area contributed by atoms with E-state index in [9.17, 15) is 4.79 Å². The highest BCUT2D eigenvalue weighted by molar-refractivity contribution is 9.12. The summed E-state index contributed by atoms with van der Waals surface area (Å²) in [6.07, 6.45) is -0.564. The van der Waals surface area contributed by atoms with Gasteiger partial charge in [0, 0.05) is 12.4 Å². The fourth-order valence-corrected chi connectivity index (χ4v) is 3.13. The first-order valence-corrected chi connectivity index (χ1v) is 7.39. The first-order valence-electron chi connectivity index (χ1n) is 5.61. The monoisotopic (exact) mass is 328 g/mol. The van der Waals surface area contributed by atoms with Crippen molar-refractivity contribution < 1.29 is 14.3 Å². The maximum Gasteiger partial charge on any atom is 0.348 e. The van der Waals surface area contributed by atoms with E-state index >= 15 is 0 Å². The van der Waals surface area contributed by atoms with Gasteiger partial charge in [-0.2, -0.15) is 0 Å². The van der Waals surface area contributed by atoms with E-state index < -0.39 is 6.29 Å². The number of carbonyl (C=O) groups excluding carboxylic acids is 1. The Hall–Kier alpha value is -0.780. The third-order valence-electron chi connectivity index (χ3n) is 2.38. The molecule has 1 unspecified atom stereocenters. The molecule has 1 aromatic rings. The normalized spacial score (nSPS) is 19.2. The van der Waals surface area contributed by atoms with Crippen LogP contribution in [0.25, 0.3) is 0 Å². The van der Waals surface area contributed by atoms with Gasteiger partial charge in [0.1, 0.15) is 4.48 Å². The lowest BCUT2D eigenvalue weighted by Gasteiger charge is -2.13. The second-order valence-electron chi connectivity index (χ2n) is 3.65. The van der Waals surface area contributed by atoms with E-state index in [0.29, 0.717) is 11.1 Å². The standard InChI is InChI=1S/C13H13BrO3S/c1-2-16-13-11(10(14)12(15)17-13)18-8-9-6-4-3-5-7-9/h3-7,13H,2,8H2,1H3. The lowest BCUT2D eigenvalue weighted by Crippen LogP contribution is -2.15. The summed E-state index contributed by atoms with van der Waals surface area (Å²) in [4.78, 5) is 12.3. The molecule has 0 fully saturated rings. The minimum absolute atomic E-state index is 0.357. The van der Waals surface area contributed by atoms with Crippen LogP contribution < -0.4 is 0 Å². The fraction of sp³-hybridized carbons (Fsp3) is 0.308. The second-order valence-corrected chi connectivity index (χ2v) is 5.46. The maximum absolute atomic E-state index is 11.5. The van der Waals surface area contributed by atoms with Gasteiger partial charge in [-0.3, -0.25) is 0 Å². The second kappa shape index (κ2) is 6.41. The van der Waals surface area contributed by atoms with Crippen molar-refractivity contribution in [1.29, 1.82) is 0 Å². The van der Waals surface area contributed by atoms with Crippen molar-refractivity contribution >= 4 is 33.7 Å². The molecule has 2 rings (SSSR count). The molecule has 0 bridgehead atoms. The molecule has 0 saturated heterocycles. The van der Waals surface area contributed by atoms with Crippen molar-refractivity contribution in [2.75, 3.05) is 6.61 Å². The summed E-state index contributed by atoms with van der Waals surface area (Å²) in [5, 5.41) is 0. The van der Waals surface area contributed by atoms with Gasteiger partial charge >= 0.3 is 5.97 Å². The number of benzene rings is 1. The van der Waals surface area contributed by atoms with Crippen molar-refractivity contribution in [1.82, 2.24) is 0 Å². The van der Waals surface area contributed by atoms with Gasteiger partial charge in [-0.1, -0.05) is 30.3 Å². The van der Waals surface area contributed by atoms with Crippen LogP contribution in [0, 0.1) is 0 Å². The summed E-state index contributed by atoms with van der Waals surface area (Å²) < 4.78 is 11.0. The van der Waals surface area contributed by atoms with Crippen LogP contribution in [0.3, 0.4) is 0 Å². The zero-order valence-electron chi connectivity index (χ0n) is 9.89. The van der Waals surface area contributed by atoms with Crippen molar-refractivity contribution in [2.24, 2.45) is 0 Å². The number of halogens is 1. The Bertz CT molecular complexity index is 459. The number of hydrogen-bond donors (Lipinski definition) is 0. The molecule has 96 valence electrons. The number of ether oxygens (including phenoxy) is 2. The first-order chi connectivity index (χ1) is 8.72.